The number of para-hydroxylation sites is 2. The van der Waals surface area contributed by atoms with Gasteiger partial charge >= 0.3 is 0 Å². The zero-order valence-electron chi connectivity index (χ0n) is 31.4. The molecule has 1 spiro atoms. The second-order valence-electron chi connectivity index (χ2n) is 16.8. The Morgan fingerprint density at radius 1 is 0.377 bits per heavy atom. The highest BCUT2D eigenvalue weighted by Gasteiger charge is 2.52. The molecule has 1 nitrogen and oxygen atoms in total. The van der Waals surface area contributed by atoms with Gasteiger partial charge in [0.25, 0.3) is 0 Å². The van der Waals surface area contributed by atoms with Crippen LogP contribution in [0.2, 0.25) is 0 Å². The SMILES string of the molecule is Cc1cc2c(cc1-c1cc3c(cc1N(c1ccccc1)c1ccccc1)C1(c4ccccc4-c4ccccc41)c1ccccc1-3)C(C)(C)CCC2(C)C. The van der Waals surface area contributed by atoms with Crippen molar-refractivity contribution >= 4 is 17.1 Å². The Balaban J connectivity index is 1.36. The number of fused-ring (bicyclic) bond motifs is 11. The summed E-state index contributed by atoms with van der Waals surface area (Å²) in [7, 11) is 0. The predicted octanol–water partition coefficient (Wildman–Crippen LogP) is 13.8. The molecule has 53 heavy (non-hydrogen) atoms. The van der Waals surface area contributed by atoms with Crippen LogP contribution in [-0.4, -0.2) is 0 Å². The highest BCUT2D eigenvalue weighted by atomic mass is 15.1. The topological polar surface area (TPSA) is 3.24 Å². The number of nitrogens with zero attached hydrogens (tertiary/aromatic N) is 1. The molecule has 258 valence electrons. The Labute approximate surface area is 314 Å². The Kier molecular flexibility index (Phi) is 6.90. The maximum atomic E-state index is 2.57. The Hall–Kier alpha value is -5.66. The molecule has 0 atom stereocenters. The molecule has 7 aromatic carbocycles. The van der Waals surface area contributed by atoms with Gasteiger partial charge in [0, 0.05) is 16.9 Å². The zero-order chi connectivity index (χ0) is 36.1. The minimum absolute atomic E-state index is 0.0939. The number of hydrogen-bond donors (Lipinski definition) is 0. The molecule has 0 unspecified atom stereocenters. The monoisotopic (exact) mass is 683 g/mol. The molecule has 3 aliphatic rings. The fourth-order valence-corrected chi connectivity index (χ4v) is 10.1. The summed E-state index contributed by atoms with van der Waals surface area (Å²) in [6, 6.07) is 59.5. The van der Waals surface area contributed by atoms with Crippen molar-refractivity contribution in [1.82, 2.24) is 0 Å². The van der Waals surface area contributed by atoms with E-state index in [9.17, 15) is 0 Å². The van der Waals surface area contributed by atoms with Crippen molar-refractivity contribution in [3.05, 3.63) is 197 Å². The first-order chi connectivity index (χ1) is 25.7. The summed E-state index contributed by atoms with van der Waals surface area (Å²) >= 11 is 0. The van der Waals surface area contributed by atoms with Crippen molar-refractivity contribution in [2.75, 3.05) is 4.90 Å². The summed E-state index contributed by atoms with van der Waals surface area (Å²) < 4.78 is 0. The van der Waals surface area contributed by atoms with E-state index in [1.54, 1.807) is 0 Å². The van der Waals surface area contributed by atoms with Gasteiger partial charge in [-0.1, -0.05) is 143 Å². The summed E-state index contributed by atoms with van der Waals surface area (Å²) in [4.78, 5) is 2.49. The van der Waals surface area contributed by atoms with E-state index in [0.717, 1.165) is 11.4 Å². The van der Waals surface area contributed by atoms with Gasteiger partial charge in [0.15, 0.2) is 0 Å². The maximum absolute atomic E-state index is 2.57. The fraction of sp³-hybridized carbons (Fsp3) is 0.192. The molecule has 0 heterocycles. The fourth-order valence-electron chi connectivity index (χ4n) is 10.1. The van der Waals surface area contributed by atoms with Crippen LogP contribution in [0.3, 0.4) is 0 Å². The normalized spacial score (nSPS) is 16.3. The lowest BCUT2D eigenvalue weighted by Crippen LogP contribution is -2.34. The van der Waals surface area contributed by atoms with E-state index in [-0.39, 0.29) is 10.8 Å². The molecule has 0 radical (unpaired) electrons. The van der Waals surface area contributed by atoms with Crippen molar-refractivity contribution in [3.63, 3.8) is 0 Å². The van der Waals surface area contributed by atoms with E-state index in [1.165, 1.54) is 90.9 Å². The van der Waals surface area contributed by atoms with Crippen LogP contribution in [0.5, 0.6) is 0 Å². The van der Waals surface area contributed by atoms with Crippen molar-refractivity contribution in [3.8, 4) is 33.4 Å². The van der Waals surface area contributed by atoms with Gasteiger partial charge in [0.2, 0.25) is 0 Å². The molecule has 1 heteroatoms. The Morgan fingerprint density at radius 3 is 1.32 bits per heavy atom. The van der Waals surface area contributed by atoms with Gasteiger partial charge in [-0.25, -0.2) is 0 Å². The largest absolute Gasteiger partial charge is 0.310 e. The molecule has 0 aliphatic heterocycles. The average molecular weight is 684 g/mol. The van der Waals surface area contributed by atoms with Crippen LogP contribution in [0.4, 0.5) is 17.1 Å². The quantitative estimate of drug-likeness (QED) is 0.178. The minimum atomic E-state index is -0.428. The molecule has 3 aliphatic carbocycles. The van der Waals surface area contributed by atoms with Gasteiger partial charge in [0.1, 0.15) is 0 Å². The van der Waals surface area contributed by atoms with Crippen LogP contribution in [0.25, 0.3) is 33.4 Å². The summed E-state index contributed by atoms with van der Waals surface area (Å²) in [5.41, 5.74) is 21.0. The van der Waals surface area contributed by atoms with Crippen LogP contribution in [0.1, 0.15) is 79.5 Å². The number of aryl methyl sites for hydroxylation is 1. The molecule has 0 fully saturated rings. The van der Waals surface area contributed by atoms with Crippen molar-refractivity contribution in [2.24, 2.45) is 0 Å². The number of benzene rings is 7. The molecule has 0 saturated carbocycles. The highest BCUT2D eigenvalue weighted by Crippen LogP contribution is 2.64. The van der Waals surface area contributed by atoms with Crippen LogP contribution in [-0.2, 0) is 16.2 Å². The Morgan fingerprint density at radius 2 is 0.811 bits per heavy atom. The van der Waals surface area contributed by atoms with E-state index >= 15 is 0 Å². The van der Waals surface area contributed by atoms with Gasteiger partial charge in [-0.15, -0.1) is 0 Å². The van der Waals surface area contributed by atoms with Gasteiger partial charge in [-0.3, -0.25) is 0 Å². The molecule has 0 aromatic heterocycles. The maximum Gasteiger partial charge on any atom is 0.0726 e. The van der Waals surface area contributed by atoms with Crippen molar-refractivity contribution < 1.29 is 0 Å². The van der Waals surface area contributed by atoms with E-state index < -0.39 is 5.41 Å². The summed E-state index contributed by atoms with van der Waals surface area (Å²) in [5, 5.41) is 0. The molecule has 0 saturated heterocycles. The highest BCUT2D eigenvalue weighted by molar-refractivity contribution is 6.00. The molecule has 0 N–H and O–H groups in total. The standard InChI is InChI=1S/C52H45N/c1-34-30-47-48(51(4,5)29-28-50(47,2)3)32-40(34)42-31-41-39-24-14-17-27-45(39)52(43-25-15-12-22-37(43)38-23-13-16-26-44(38)52)46(41)33-49(42)53(35-18-8-6-9-19-35)36-20-10-7-11-21-36/h6-27,30-33H,28-29H2,1-5H3. The van der Waals surface area contributed by atoms with E-state index in [1.807, 2.05) is 0 Å². The summed E-state index contributed by atoms with van der Waals surface area (Å²) in [5.74, 6) is 0. The summed E-state index contributed by atoms with van der Waals surface area (Å²) in [6.45, 7) is 12.1. The van der Waals surface area contributed by atoms with Crippen LogP contribution < -0.4 is 4.90 Å². The Bertz CT molecular complexity index is 2490. The minimum Gasteiger partial charge on any atom is -0.310 e. The molecule has 7 aromatic rings. The van der Waals surface area contributed by atoms with E-state index in [0.29, 0.717) is 0 Å². The average Bonchev–Trinajstić information content (AvgIpc) is 3.64. The lowest BCUT2D eigenvalue weighted by molar-refractivity contribution is 0.332. The second-order valence-corrected chi connectivity index (χ2v) is 16.8. The van der Waals surface area contributed by atoms with Crippen molar-refractivity contribution in [1.29, 1.82) is 0 Å². The first-order valence-corrected chi connectivity index (χ1v) is 19.2. The molecule has 0 bridgehead atoms. The van der Waals surface area contributed by atoms with Gasteiger partial charge in [-0.05, 0) is 140 Å². The third-order valence-corrected chi connectivity index (χ3v) is 12.9. The number of anilines is 3. The first kappa shape index (κ1) is 32.0. The molecular weight excluding hydrogens is 639 g/mol. The van der Waals surface area contributed by atoms with Gasteiger partial charge in [-0.2, -0.15) is 0 Å². The third-order valence-electron chi connectivity index (χ3n) is 12.9. The lowest BCUT2D eigenvalue weighted by Gasteiger charge is -2.42. The van der Waals surface area contributed by atoms with Crippen LogP contribution in [0.15, 0.2) is 158 Å². The summed E-state index contributed by atoms with van der Waals surface area (Å²) in [6.07, 6.45) is 2.38. The molecule has 10 rings (SSSR count). The van der Waals surface area contributed by atoms with Crippen LogP contribution >= 0.6 is 0 Å². The van der Waals surface area contributed by atoms with Gasteiger partial charge in [0.05, 0.1) is 11.1 Å². The molecular formula is C52H45N. The van der Waals surface area contributed by atoms with E-state index in [4.69, 9.17) is 0 Å². The smallest absolute Gasteiger partial charge is 0.0726 e. The number of rotatable bonds is 4. The lowest BCUT2D eigenvalue weighted by atomic mass is 9.62. The van der Waals surface area contributed by atoms with Crippen molar-refractivity contribution in [2.45, 2.75) is 63.7 Å². The van der Waals surface area contributed by atoms with Gasteiger partial charge < -0.3 is 4.90 Å². The second kappa shape index (κ2) is 11.4. The van der Waals surface area contributed by atoms with E-state index in [2.05, 4.69) is 197 Å². The first-order valence-electron chi connectivity index (χ1n) is 19.2. The predicted molar refractivity (Wildman–Crippen MR) is 223 cm³/mol. The molecule has 0 amide bonds. The van der Waals surface area contributed by atoms with Crippen LogP contribution in [0, 0.1) is 6.92 Å². The zero-order valence-corrected chi connectivity index (χ0v) is 31.4. The third kappa shape index (κ3) is 4.50. The number of hydrogen-bond acceptors (Lipinski definition) is 1.